The molecule has 3 N–H and O–H groups in total. The van der Waals surface area contributed by atoms with Gasteiger partial charge in [0.25, 0.3) is 0 Å². The number of guanidine groups is 1. The van der Waals surface area contributed by atoms with Crippen molar-refractivity contribution in [3.05, 3.63) is 34.3 Å². The maximum Gasteiger partial charge on any atom is 0.188 e. The van der Waals surface area contributed by atoms with E-state index in [1.54, 1.807) is 0 Å². The highest BCUT2D eigenvalue weighted by Crippen LogP contribution is 2.44. The molecule has 0 bridgehead atoms. The lowest BCUT2D eigenvalue weighted by molar-refractivity contribution is 0.0376. The third-order valence-electron chi connectivity index (χ3n) is 5.36. The van der Waals surface area contributed by atoms with E-state index >= 15 is 0 Å². The highest BCUT2D eigenvalue weighted by atomic mass is 127. The molecule has 2 fully saturated rings. The van der Waals surface area contributed by atoms with Crippen LogP contribution < -0.4 is 11.1 Å². The number of ether oxygens (including phenoxy) is 1. The molecule has 0 spiro atoms. The second-order valence-electron chi connectivity index (χ2n) is 7.08. The zero-order valence-electron chi connectivity index (χ0n) is 15.3. The van der Waals surface area contributed by atoms with Crippen molar-refractivity contribution in [3.8, 4) is 0 Å². The molecule has 0 aromatic heterocycles. The summed E-state index contributed by atoms with van der Waals surface area (Å²) < 4.78 is 6.50. The van der Waals surface area contributed by atoms with Gasteiger partial charge in [-0.2, -0.15) is 0 Å². The van der Waals surface area contributed by atoms with Crippen LogP contribution in [0, 0.1) is 0 Å². The Morgan fingerprint density at radius 3 is 2.73 bits per heavy atom. The van der Waals surface area contributed by atoms with Gasteiger partial charge in [-0.3, -0.25) is 9.89 Å². The Kier molecular flexibility index (Phi) is 9.12. The highest BCUT2D eigenvalue weighted by Gasteiger charge is 2.38. The van der Waals surface area contributed by atoms with E-state index in [0.29, 0.717) is 5.96 Å². The number of nitrogens with one attached hydrogen (secondary N) is 1. The Balaban J connectivity index is 0.00000243. The van der Waals surface area contributed by atoms with Crippen molar-refractivity contribution >= 4 is 45.9 Å². The first-order valence-corrected chi connectivity index (χ1v) is 10.1. The van der Waals surface area contributed by atoms with Crippen molar-refractivity contribution in [3.63, 3.8) is 0 Å². The van der Waals surface area contributed by atoms with Crippen LogP contribution in [0.3, 0.4) is 0 Å². The summed E-state index contributed by atoms with van der Waals surface area (Å²) in [5.41, 5.74) is 7.63. The number of aliphatic imine (C=N–C) groups is 1. The van der Waals surface area contributed by atoms with Gasteiger partial charge >= 0.3 is 0 Å². The van der Waals surface area contributed by atoms with E-state index in [2.05, 4.69) is 55.4 Å². The second kappa shape index (κ2) is 10.8. The number of hydrogen-bond acceptors (Lipinski definition) is 3. The number of nitrogens with zero attached hydrogens (tertiary/aromatic N) is 2. The monoisotopic (exact) mass is 536 g/mol. The van der Waals surface area contributed by atoms with E-state index in [-0.39, 0.29) is 29.4 Å². The molecule has 0 amide bonds. The summed E-state index contributed by atoms with van der Waals surface area (Å²) in [6, 6.07) is 8.62. The van der Waals surface area contributed by atoms with Crippen LogP contribution in [-0.2, 0) is 10.2 Å². The zero-order chi connectivity index (χ0) is 17.5. The van der Waals surface area contributed by atoms with E-state index < -0.39 is 0 Å². The maximum atomic E-state index is 6.08. The lowest BCUT2D eigenvalue weighted by atomic mass is 9.64. The van der Waals surface area contributed by atoms with Gasteiger partial charge in [0.15, 0.2) is 5.96 Å². The van der Waals surface area contributed by atoms with Gasteiger partial charge in [0.1, 0.15) is 0 Å². The number of morpholine rings is 1. The highest BCUT2D eigenvalue weighted by molar-refractivity contribution is 14.0. The SMILES string of the molecule is I.NC(=NCC1(c2cccc(Br)c2)CCC1)NCCCN1CCOCC1. The number of benzene rings is 1. The quantitative estimate of drug-likeness (QED) is 0.243. The van der Waals surface area contributed by atoms with E-state index in [4.69, 9.17) is 10.5 Å². The van der Waals surface area contributed by atoms with Crippen molar-refractivity contribution in [2.75, 3.05) is 45.9 Å². The predicted molar refractivity (Wildman–Crippen MR) is 121 cm³/mol. The Hall–Kier alpha value is -0.380. The first-order valence-electron chi connectivity index (χ1n) is 9.28. The molecule has 26 heavy (non-hydrogen) atoms. The molecule has 0 unspecified atom stereocenters. The molecule has 2 aliphatic rings. The molecule has 146 valence electrons. The van der Waals surface area contributed by atoms with Gasteiger partial charge < -0.3 is 15.8 Å². The fraction of sp³-hybridized carbons (Fsp3) is 0.632. The third kappa shape index (κ3) is 6.07. The third-order valence-corrected chi connectivity index (χ3v) is 5.85. The van der Waals surface area contributed by atoms with Crippen LogP contribution in [0.4, 0.5) is 0 Å². The topological polar surface area (TPSA) is 62.9 Å². The predicted octanol–water partition coefficient (Wildman–Crippen LogP) is 3.12. The van der Waals surface area contributed by atoms with Crippen LogP contribution in [0.1, 0.15) is 31.2 Å². The van der Waals surface area contributed by atoms with Crippen LogP contribution in [0.25, 0.3) is 0 Å². The molecule has 3 rings (SSSR count). The van der Waals surface area contributed by atoms with Crippen molar-refractivity contribution < 1.29 is 4.74 Å². The first-order chi connectivity index (χ1) is 12.2. The number of hydrogen-bond donors (Lipinski definition) is 2. The molecule has 7 heteroatoms. The van der Waals surface area contributed by atoms with Gasteiger partial charge in [0, 0.05) is 29.5 Å². The van der Waals surface area contributed by atoms with E-state index in [0.717, 1.165) is 56.8 Å². The minimum atomic E-state index is 0. The average molecular weight is 537 g/mol. The van der Waals surface area contributed by atoms with Crippen molar-refractivity contribution in [1.82, 2.24) is 10.2 Å². The fourth-order valence-corrected chi connectivity index (χ4v) is 4.00. The van der Waals surface area contributed by atoms with Crippen molar-refractivity contribution in [2.24, 2.45) is 10.7 Å². The van der Waals surface area contributed by atoms with Crippen LogP contribution in [0.5, 0.6) is 0 Å². The molecule has 1 aliphatic heterocycles. The standard InChI is InChI=1S/C19H29BrN4O.HI/c20-17-5-1-4-16(14-17)19(6-2-7-19)15-23-18(21)22-8-3-9-24-10-12-25-13-11-24;/h1,4-5,14H,2-3,6-13,15H2,(H3,21,22,23);1H. The Morgan fingerprint density at radius 1 is 1.31 bits per heavy atom. The minimum Gasteiger partial charge on any atom is -0.379 e. The van der Waals surface area contributed by atoms with E-state index in [1.807, 2.05) is 0 Å². The fourth-order valence-electron chi connectivity index (χ4n) is 3.60. The summed E-state index contributed by atoms with van der Waals surface area (Å²) in [4.78, 5) is 7.08. The molecule has 1 aliphatic carbocycles. The van der Waals surface area contributed by atoms with Gasteiger partial charge in [-0.1, -0.05) is 34.5 Å². The Labute approximate surface area is 182 Å². The molecule has 0 radical (unpaired) electrons. The molecular formula is C19H30BrIN4O. The summed E-state index contributed by atoms with van der Waals surface area (Å²) in [6.45, 7) is 6.52. The van der Waals surface area contributed by atoms with Gasteiger partial charge in [-0.05, 0) is 43.5 Å². The van der Waals surface area contributed by atoms with Crippen LogP contribution in [0.2, 0.25) is 0 Å². The van der Waals surface area contributed by atoms with Crippen molar-refractivity contribution in [2.45, 2.75) is 31.1 Å². The Bertz CT molecular complexity index is 589. The maximum absolute atomic E-state index is 6.08. The first kappa shape index (κ1) is 21.9. The summed E-state index contributed by atoms with van der Waals surface area (Å²) in [5, 5.41) is 3.27. The van der Waals surface area contributed by atoms with Crippen LogP contribution in [0.15, 0.2) is 33.7 Å². The lowest BCUT2D eigenvalue weighted by Crippen LogP contribution is -2.41. The van der Waals surface area contributed by atoms with E-state index in [9.17, 15) is 0 Å². The Morgan fingerprint density at radius 2 is 2.08 bits per heavy atom. The molecule has 1 saturated heterocycles. The molecule has 1 aromatic rings. The van der Waals surface area contributed by atoms with Gasteiger partial charge in [0.05, 0.1) is 19.8 Å². The molecular weight excluding hydrogens is 507 g/mol. The number of halogens is 2. The normalized spacial score (nSPS) is 20.1. The molecule has 1 saturated carbocycles. The zero-order valence-corrected chi connectivity index (χ0v) is 19.2. The van der Waals surface area contributed by atoms with Crippen LogP contribution >= 0.6 is 39.9 Å². The second-order valence-corrected chi connectivity index (χ2v) is 8.00. The summed E-state index contributed by atoms with van der Waals surface area (Å²) in [7, 11) is 0. The minimum absolute atomic E-state index is 0. The molecule has 1 heterocycles. The summed E-state index contributed by atoms with van der Waals surface area (Å²) in [6.07, 6.45) is 4.73. The number of rotatable bonds is 7. The summed E-state index contributed by atoms with van der Waals surface area (Å²) in [5.74, 6) is 0.572. The molecule has 0 atom stereocenters. The van der Waals surface area contributed by atoms with Gasteiger partial charge in [-0.25, -0.2) is 0 Å². The van der Waals surface area contributed by atoms with Crippen molar-refractivity contribution in [1.29, 1.82) is 0 Å². The van der Waals surface area contributed by atoms with E-state index in [1.165, 1.54) is 24.8 Å². The lowest BCUT2D eigenvalue weighted by Gasteiger charge is -2.41. The van der Waals surface area contributed by atoms with Gasteiger partial charge in [0.2, 0.25) is 0 Å². The number of nitrogens with two attached hydrogens (primary N) is 1. The van der Waals surface area contributed by atoms with Gasteiger partial charge in [-0.15, -0.1) is 24.0 Å². The molecule has 5 nitrogen and oxygen atoms in total. The molecule has 1 aromatic carbocycles. The smallest absolute Gasteiger partial charge is 0.188 e. The average Bonchev–Trinajstić information content (AvgIpc) is 2.59. The largest absolute Gasteiger partial charge is 0.379 e. The summed E-state index contributed by atoms with van der Waals surface area (Å²) >= 11 is 3.58. The van der Waals surface area contributed by atoms with Crippen LogP contribution in [-0.4, -0.2) is 56.8 Å².